The number of rotatable bonds is 4. The lowest BCUT2D eigenvalue weighted by atomic mass is 10.1. The Morgan fingerprint density at radius 1 is 1.46 bits per heavy atom. The summed E-state index contributed by atoms with van der Waals surface area (Å²) in [7, 11) is 0. The summed E-state index contributed by atoms with van der Waals surface area (Å²) in [6.45, 7) is 4.48. The van der Waals surface area contributed by atoms with E-state index in [1.54, 1.807) is 0 Å². The zero-order chi connectivity index (χ0) is 17.1. The molecule has 3 rings (SSSR count). The molecule has 1 aromatic heterocycles. The molecule has 1 aliphatic heterocycles. The molecule has 0 saturated carbocycles. The lowest BCUT2D eigenvalue weighted by Gasteiger charge is -2.19. The van der Waals surface area contributed by atoms with Crippen LogP contribution in [-0.2, 0) is 16.1 Å². The fourth-order valence-electron chi connectivity index (χ4n) is 2.25. The molecule has 0 aliphatic carbocycles. The Bertz CT molecular complexity index is 786. The smallest absolute Gasteiger partial charge is 0.250 e. The van der Waals surface area contributed by atoms with Gasteiger partial charge in [0.05, 0.1) is 12.3 Å². The number of hydrogen-bond acceptors (Lipinski definition) is 5. The molecule has 0 atom stereocenters. The molecule has 0 spiro atoms. The maximum Gasteiger partial charge on any atom is 0.250 e. The van der Waals surface area contributed by atoms with Gasteiger partial charge >= 0.3 is 0 Å². The van der Waals surface area contributed by atoms with Crippen LogP contribution in [0.1, 0.15) is 36.6 Å². The number of halogens is 1. The highest BCUT2D eigenvalue weighted by Gasteiger charge is 2.16. The van der Waals surface area contributed by atoms with Crippen molar-refractivity contribution in [1.29, 1.82) is 0 Å². The van der Waals surface area contributed by atoms with E-state index in [2.05, 4.69) is 10.3 Å². The van der Waals surface area contributed by atoms with Crippen molar-refractivity contribution in [2.24, 2.45) is 0 Å². The Morgan fingerprint density at radius 3 is 3.04 bits per heavy atom. The zero-order valence-corrected chi connectivity index (χ0v) is 14.2. The van der Waals surface area contributed by atoms with Gasteiger partial charge in [0.25, 0.3) is 0 Å². The minimum absolute atomic E-state index is 0.114. The maximum absolute atomic E-state index is 13.7. The molecule has 0 fully saturated rings. The standard InChI is InChI=1S/C17H17FN2O3S/c1-10(2)14-8-24-17(19-14)20-15(21)4-3-11-5-13(18)6-12-7-22-9-23-16(11)12/h3-6,8,10H,7,9H2,1-2H3,(H,19,20,21). The number of nitrogens with one attached hydrogen (secondary N) is 1. The quantitative estimate of drug-likeness (QED) is 0.851. The molecule has 24 heavy (non-hydrogen) atoms. The van der Waals surface area contributed by atoms with E-state index in [1.165, 1.54) is 35.6 Å². The van der Waals surface area contributed by atoms with Gasteiger partial charge < -0.3 is 9.47 Å². The number of aromatic nitrogens is 1. The molecular weight excluding hydrogens is 331 g/mol. The number of hydrogen-bond donors (Lipinski definition) is 1. The highest BCUT2D eigenvalue weighted by molar-refractivity contribution is 7.14. The van der Waals surface area contributed by atoms with Crippen LogP contribution in [0, 0.1) is 5.82 Å². The summed E-state index contributed by atoms with van der Waals surface area (Å²) in [6.07, 6.45) is 2.86. The van der Waals surface area contributed by atoms with Crippen LogP contribution < -0.4 is 10.1 Å². The minimum Gasteiger partial charge on any atom is -0.467 e. The first-order valence-electron chi connectivity index (χ1n) is 7.50. The Kier molecular flexibility index (Phi) is 4.92. The van der Waals surface area contributed by atoms with Crippen molar-refractivity contribution in [2.75, 3.05) is 12.1 Å². The summed E-state index contributed by atoms with van der Waals surface area (Å²) in [6, 6.07) is 2.70. The first-order chi connectivity index (χ1) is 11.5. The summed E-state index contributed by atoms with van der Waals surface area (Å²) in [5, 5.41) is 5.16. The monoisotopic (exact) mass is 348 g/mol. The van der Waals surface area contributed by atoms with E-state index in [0.29, 0.717) is 27.9 Å². The largest absolute Gasteiger partial charge is 0.467 e. The van der Waals surface area contributed by atoms with Crippen LogP contribution >= 0.6 is 11.3 Å². The lowest BCUT2D eigenvalue weighted by Crippen LogP contribution is -2.13. The van der Waals surface area contributed by atoms with Crippen molar-refractivity contribution in [1.82, 2.24) is 4.98 Å². The van der Waals surface area contributed by atoms with E-state index in [1.807, 2.05) is 19.2 Å². The first kappa shape index (κ1) is 16.6. The van der Waals surface area contributed by atoms with Crippen molar-refractivity contribution in [3.63, 3.8) is 0 Å². The Morgan fingerprint density at radius 2 is 2.29 bits per heavy atom. The van der Waals surface area contributed by atoms with Gasteiger partial charge in [0.15, 0.2) is 11.9 Å². The van der Waals surface area contributed by atoms with Gasteiger partial charge in [0.1, 0.15) is 11.6 Å². The predicted molar refractivity (Wildman–Crippen MR) is 90.6 cm³/mol. The fourth-order valence-corrected chi connectivity index (χ4v) is 3.13. The second-order valence-electron chi connectivity index (χ2n) is 5.65. The van der Waals surface area contributed by atoms with E-state index in [0.717, 1.165) is 5.69 Å². The number of nitrogens with zero attached hydrogens (tertiary/aromatic N) is 1. The Hall–Kier alpha value is -2.25. The Labute approximate surface area is 143 Å². The van der Waals surface area contributed by atoms with Gasteiger partial charge in [0.2, 0.25) is 5.91 Å². The Balaban J connectivity index is 1.73. The van der Waals surface area contributed by atoms with Crippen LogP contribution in [0.4, 0.5) is 9.52 Å². The van der Waals surface area contributed by atoms with Crippen LogP contribution in [0.25, 0.3) is 6.08 Å². The third-order valence-corrected chi connectivity index (χ3v) is 4.24. The highest BCUT2D eigenvalue weighted by atomic mass is 32.1. The van der Waals surface area contributed by atoms with Crippen LogP contribution in [0.5, 0.6) is 5.75 Å². The van der Waals surface area contributed by atoms with Crippen molar-refractivity contribution in [2.45, 2.75) is 26.4 Å². The normalized spacial score (nSPS) is 13.8. The summed E-state index contributed by atoms with van der Waals surface area (Å²) in [5.74, 6) is 0.123. The summed E-state index contributed by atoms with van der Waals surface area (Å²) < 4.78 is 24.2. The molecule has 0 saturated heterocycles. The molecule has 1 aromatic carbocycles. The van der Waals surface area contributed by atoms with Crippen LogP contribution in [0.2, 0.25) is 0 Å². The van der Waals surface area contributed by atoms with Crippen molar-refractivity contribution < 1.29 is 18.7 Å². The second-order valence-corrected chi connectivity index (χ2v) is 6.51. The molecule has 1 N–H and O–H groups in total. The summed E-state index contributed by atoms with van der Waals surface area (Å²) in [4.78, 5) is 16.4. The molecule has 0 unspecified atom stereocenters. The predicted octanol–water partition coefficient (Wildman–Crippen LogP) is 3.92. The second kappa shape index (κ2) is 7.11. The average molecular weight is 348 g/mol. The molecule has 0 radical (unpaired) electrons. The SMILES string of the molecule is CC(C)c1csc(NC(=O)C=Cc2cc(F)cc3c2OCOC3)n1. The third-order valence-electron chi connectivity index (χ3n) is 3.46. The van der Waals surface area contributed by atoms with Gasteiger partial charge in [-0.3, -0.25) is 10.1 Å². The van der Waals surface area contributed by atoms with Gasteiger partial charge in [-0.2, -0.15) is 0 Å². The van der Waals surface area contributed by atoms with E-state index >= 15 is 0 Å². The van der Waals surface area contributed by atoms with Gasteiger partial charge in [-0.25, -0.2) is 9.37 Å². The van der Waals surface area contributed by atoms with Crippen molar-refractivity contribution >= 4 is 28.5 Å². The molecule has 1 amide bonds. The number of amides is 1. The zero-order valence-electron chi connectivity index (χ0n) is 13.3. The van der Waals surface area contributed by atoms with E-state index in [9.17, 15) is 9.18 Å². The average Bonchev–Trinajstić information content (AvgIpc) is 3.01. The molecule has 126 valence electrons. The summed E-state index contributed by atoms with van der Waals surface area (Å²) in [5.41, 5.74) is 2.07. The number of benzene rings is 1. The number of carbonyl (C=O) groups is 1. The molecular formula is C17H17FN2O3S. The lowest BCUT2D eigenvalue weighted by molar-refractivity contribution is -0.111. The van der Waals surface area contributed by atoms with E-state index in [4.69, 9.17) is 9.47 Å². The molecule has 2 aromatic rings. The minimum atomic E-state index is -0.399. The van der Waals surface area contributed by atoms with E-state index < -0.39 is 5.82 Å². The van der Waals surface area contributed by atoms with Gasteiger partial charge in [0, 0.05) is 22.6 Å². The van der Waals surface area contributed by atoms with Gasteiger partial charge in [-0.1, -0.05) is 13.8 Å². The van der Waals surface area contributed by atoms with Gasteiger partial charge in [-0.05, 0) is 24.1 Å². The maximum atomic E-state index is 13.7. The highest BCUT2D eigenvalue weighted by Crippen LogP contribution is 2.30. The molecule has 7 heteroatoms. The number of carbonyl (C=O) groups excluding carboxylic acids is 1. The molecule has 2 heterocycles. The topological polar surface area (TPSA) is 60.5 Å². The van der Waals surface area contributed by atoms with E-state index in [-0.39, 0.29) is 19.3 Å². The van der Waals surface area contributed by atoms with Crippen LogP contribution in [-0.4, -0.2) is 17.7 Å². The third kappa shape index (κ3) is 3.80. The van der Waals surface area contributed by atoms with Gasteiger partial charge in [-0.15, -0.1) is 11.3 Å². The fraction of sp³-hybridized carbons (Fsp3) is 0.294. The van der Waals surface area contributed by atoms with Crippen LogP contribution in [0.15, 0.2) is 23.6 Å². The molecule has 5 nitrogen and oxygen atoms in total. The van der Waals surface area contributed by atoms with Crippen molar-refractivity contribution in [3.8, 4) is 5.75 Å². The molecule has 0 bridgehead atoms. The summed E-state index contributed by atoms with van der Waals surface area (Å²) >= 11 is 1.38. The number of thiazole rings is 1. The first-order valence-corrected chi connectivity index (χ1v) is 8.38. The van der Waals surface area contributed by atoms with Crippen molar-refractivity contribution in [3.05, 3.63) is 46.2 Å². The number of anilines is 1. The number of ether oxygens (including phenoxy) is 2. The number of fused-ring (bicyclic) bond motifs is 1. The molecule has 1 aliphatic rings. The van der Waals surface area contributed by atoms with Crippen LogP contribution in [0.3, 0.4) is 0 Å².